The zero-order chi connectivity index (χ0) is 12.6. The van der Waals surface area contributed by atoms with Crippen LogP contribution in [0.5, 0.6) is 0 Å². The number of rotatable bonds is 3. The molecule has 1 aliphatic rings. The van der Waals surface area contributed by atoms with Crippen LogP contribution in [0.25, 0.3) is 0 Å². The Morgan fingerprint density at radius 1 is 1.53 bits per heavy atom. The van der Waals surface area contributed by atoms with Gasteiger partial charge < -0.3 is 5.11 Å². The maximum absolute atomic E-state index is 10.4. The van der Waals surface area contributed by atoms with Crippen LogP contribution in [-0.2, 0) is 13.5 Å². The molecule has 0 spiro atoms. The molecule has 0 aromatic carbocycles. The van der Waals surface area contributed by atoms with Gasteiger partial charge in [0, 0.05) is 13.5 Å². The van der Waals surface area contributed by atoms with Gasteiger partial charge in [-0.1, -0.05) is 19.8 Å². The Labute approximate surface area is 111 Å². The molecular weight excluding hydrogens is 280 g/mol. The summed E-state index contributed by atoms with van der Waals surface area (Å²) in [5.41, 5.74) is 2.10. The Kier molecular flexibility index (Phi) is 3.93. The summed E-state index contributed by atoms with van der Waals surface area (Å²) in [5.74, 6) is 1.11. The van der Waals surface area contributed by atoms with Crippen molar-refractivity contribution in [3.63, 3.8) is 0 Å². The van der Waals surface area contributed by atoms with Crippen LogP contribution < -0.4 is 0 Å². The van der Waals surface area contributed by atoms with E-state index in [0.29, 0.717) is 18.3 Å². The van der Waals surface area contributed by atoms with Gasteiger partial charge in [-0.3, -0.25) is 4.68 Å². The average Bonchev–Trinajstić information content (AvgIpc) is 2.78. The Morgan fingerprint density at radius 2 is 2.24 bits per heavy atom. The van der Waals surface area contributed by atoms with Crippen LogP contribution in [0.1, 0.15) is 37.6 Å². The van der Waals surface area contributed by atoms with Crippen LogP contribution in [0.2, 0.25) is 0 Å². The minimum Gasteiger partial charge on any atom is -0.392 e. The van der Waals surface area contributed by atoms with Gasteiger partial charge in [0.05, 0.1) is 22.0 Å². The molecule has 96 valence electrons. The molecule has 0 bridgehead atoms. The van der Waals surface area contributed by atoms with Gasteiger partial charge >= 0.3 is 0 Å². The standard InChI is InChI=1S/C13H21BrN2O/c1-8-5-4-6-10(8)12(17)7-11-13(14)9(2)15-16(11)3/h8,10,12,17H,4-7H2,1-3H3. The van der Waals surface area contributed by atoms with E-state index in [9.17, 15) is 5.11 Å². The van der Waals surface area contributed by atoms with Crippen molar-refractivity contribution in [2.24, 2.45) is 18.9 Å². The van der Waals surface area contributed by atoms with Crippen LogP contribution in [0.3, 0.4) is 0 Å². The number of aliphatic hydroxyl groups excluding tert-OH is 1. The zero-order valence-electron chi connectivity index (χ0n) is 10.8. The van der Waals surface area contributed by atoms with Crippen molar-refractivity contribution in [1.29, 1.82) is 0 Å². The first-order chi connectivity index (χ1) is 8.00. The highest BCUT2D eigenvalue weighted by atomic mass is 79.9. The predicted molar refractivity (Wildman–Crippen MR) is 71.9 cm³/mol. The van der Waals surface area contributed by atoms with Gasteiger partial charge in [-0.15, -0.1) is 0 Å². The Bertz CT molecular complexity index is 402. The van der Waals surface area contributed by atoms with Gasteiger partial charge in [0.2, 0.25) is 0 Å². The van der Waals surface area contributed by atoms with Crippen LogP contribution in [0.4, 0.5) is 0 Å². The highest BCUT2D eigenvalue weighted by Gasteiger charge is 2.30. The average molecular weight is 301 g/mol. The van der Waals surface area contributed by atoms with E-state index in [0.717, 1.165) is 22.3 Å². The zero-order valence-corrected chi connectivity index (χ0v) is 12.4. The molecule has 0 aliphatic heterocycles. The molecule has 0 saturated heterocycles. The normalized spacial score (nSPS) is 26.4. The maximum atomic E-state index is 10.4. The van der Waals surface area contributed by atoms with Crippen LogP contribution in [0.15, 0.2) is 4.47 Å². The first-order valence-corrected chi connectivity index (χ1v) is 7.16. The molecule has 17 heavy (non-hydrogen) atoms. The molecule has 1 aromatic rings. The molecule has 2 rings (SSSR count). The number of hydrogen-bond donors (Lipinski definition) is 1. The smallest absolute Gasteiger partial charge is 0.0738 e. The molecule has 1 saturated carbocycles. The molecule has 4 heteroatoms. The fraction of sp³-hybridized carbons (Fsp3) is 0.769. The van der Waals surface area contributed by atoms with Gasteiger partial charge in [0.25, 0.3) is 0 Å². The summed E-state index contributed by atoms with van der Waals surface area (Å²) < 4.78 is 2.92. The number of aliphatic hydroxyl groups is 1. The van der Waals surface area contributed by atoms with Gasteiger partial charge in [-0.05, 0) is 41.1 Å². The lowest BCUT2D eigenvalue weighted by Crippen LogP contribution is -2.25. The number of nitrogens with zero attached hydrogens (tertiary/aromatic N) is 2. The van der Waals surface area contributed by atoms with Crippen molar-refractivity contribution >= 4 is 15.9 Å². The summed E-state index contributed by atoms with van der Waals surface area (Å²) in [5, 5.41) is 14.7. The van der Waals surface area contributed by atoms with E-state index < -0.39 is 0 Å². The minimum absolute atomic E-state index is 0.237. The molecule has 0 amide bonds. The lowest BCUT2D eigenvalue weighted by atomic mass is 9.90. The fourth-order valence-corrected chi connectivity index (χ4v) is 3.49. The molecule has 3 unspecified atom stereocenters. The maximum Gasteiger partial charge on any atom is 0.0738 e. The van der Waals surface area contributed by atoms with Crippen molar-refractivity contribution in [1.82, 2.24) is 9.78 Å². The van der Waals surface area contributed by atoms with E-state index in [2.05, 4.69) is 28.0 Å². The third-order valence-corrected chi connectivity index (χ3v) is 5.12. The predicted octanol–water partition coefficient (Wildman–Crippen LogP) is 2.83. The van der Waals surface area contributed by atoms with Crippen LogP contribution >= 0.6 is 15.9 Å². The van der Waals surface area contributed by atoms with Gasteiger partial charge in [0.1, 0.15) is 0 Å². The first-order valence-electron chi connectivity index (χ1n) is 6.36. The molecule has 1 heterocycles. The Balaban J connectivity index is 2.10. The van der Waals surface area contributed by atoms with Gasteiger partial charge in [-0.2, -0.15) is 5.10 Å². The molecule has 1 N–H and O–H groups in total. The first kappa shape index (κ1) is 13.1. The molecule has 0 radical (unpaired) electrons. The largest absolute Gasteiger partial charge is 0.392 e. The molecule has 3 atom stereocenters. The quantitative estimate of drug-likeness (QED) is 0.932. The molecule has 3 nitrogen and oxygen atoms in total. The second kappa shape index (κ2) is 5.11. The van der Waals surface area contributed by atoms with Gasteiger partial charge in [0.15, 0.2) is 0 Å². The van der Waals surface area contributed by atoms with E-state index in [-0.39, 0.29) is 6.10 Å². The highest BCUT2D eigenvalue weighted by Crippen LogP contribution is 2.35. The third-order valence-electron chi connectivity index (χ3n) is 4.09. The number of aryl methyl sites for hydroxylation is 2. The molecule has 1 aliphatic carbocycles. The summed E-state index contributed by atoms with van der Waals surface area (Å²) >= 11 is 3.56. The lowest BCUT2D eigenvalue weighted by Gasteiger charge is -2.22. The molecular formula is C13H21BrN2O. The second-order valence-electron chi connectivity index (χ2n) is 5.31. The lowest BCUT2D eigenvalue weighted by molar-refractivity contribution is 0.0883. The monoisotopic (exact) mass is 300 g/mol. The summed E-state index contributed by atoms with van der Waals surface area (Å²) in [6, 6.07) is 0. The summed E-state index contributed by atoms with van der Waals surface area (Å²) in [6.45, 7) is 4.24. The summed E-state index contributed by atoms with van der Waals surface area (Å²) in [4.78, 5) is 0. The number of aromatic nitrogens is 2. The van der Waals surface area contributed by atoms with Crippen molar-refractivity contribution in [2.75, 3.05) is 0 Å². The topological polar surface area (TPSA) is 38.0 Å². The van der Waals surface area contributed by atoms with Crippen molar-refractivity contribution in [3.8, 4) is 0 Å². The van der Waals surface area contributed by atoms with E-state index in [1.54, 1.807) is 0 Å². The summed E-state index contributed by atoms with van der Waals surface area (Å²) in [6.07, 6.45) is 4.14. The van der Waals surface area contributed by atoms with Crippen molar-refractivity contribution < 1.29 is 5.11 Å². The Morgan fingerprint density at radius 3 is 2.71 bits per heavy atom. The van der Waals surface area contributed by atoms with Crippen LogP contribution in [0, 0.1) is 18.8 Å². The van der Waals surface area contributed by atoms with Gasteiger partial charge in [-0.25, -0.2) is 0 Å². The second-order valence-corrected chi connectivity index (χ2v) is 6.11. The van der Waals surface area contributed by atoms with E-state index >= 15 is 0 Å². The Hall–Kier alpha value is -0.350. The minimum atomic E-state index is -0.237. The highest BCUT2D eigenvalue weighted by molar-refractivity contribution is 9.10. The number of halogens is 1. The summed E-state index contributed by atoms with van der Waals surface area (Å²) in [7, 11) is 1.94. The van der Waals surface area contributed by atoms with E-state index in [1.807, 2.05) is 18.7 Å². The molecule has 1 fully saturated rings. The number of hydrogen-bond acceptors (Lipinski definition) is 2. The van der Waals surface area contributed by atoms with Crippen LogP contribution in [-0.4, -0.2) is 21.0 Å². The van der Waals surface area contributed by atoms with E-state index in [1.165, 1.54) is 12.8 Å². The van der Waals surface area contributed by atoms with Crippen molar-refractivity contribution in [2.45, 2.75) is 45.6 Å². The fourth-order valence-electron chi connectivity index (χ4n) is 3.00. The third kappa shape index (κ3) is 2.58. The molecule has 1 aromatic heterocycles. The van der Waals surface area contributed by atoms with Crippen molar-refractivity contribution in [3.05, 3.63) is 15.9 Å². The van der Waals surface area contributed by atoms with E-state index in [4.69, 9.17) is 0 Å². The SMILES string of the molecule is Cc1nn(C)c(CC(O)C2CCCC2C)c1Br.